The van der Waals surface area contributed by atoms with Gasteiger partial charge in [-0.25, -0.2) is 0 Å². The van der Waals surface area contributed by atoms with E-state index in [1.165, 1.54) is 5.56 Å². The van der Waals surface area contributed by atoms with Gasteiger partial charge >= 0.3 is 0 Å². The Labute approximate surface area is 211 Å². The number of aliphatic hydroxyl groups excluding tert-OH is 1. The molecule has 3 rings (SSSR count). The summed E-state index contributed by atoms with van der Waals surface area (Å²) in [5.41, 5.74) is 2.32. The van der Waals surface area contributed by atoms with E-state index in [1.807, 2.05) is 24.3 Å². The number of rotatable bonds is 16. The van der Waals surface area contributed by atoms with Crippen LogP contribution in [0, 0.1) is 0 Å². The van der Waals surface area contributed by atoms with Crippen LogP contribution in [0.4, 0.5) is 0 Å². The number of ketones is 1. The second-order valence-corrected chi connectivity index (χ2v) is 9.76. The highest BCUT2D eigenvalue weighted by molar-refractivity contribution is 5.75. The van der Waals surface area contributed by atoms with Crippen LogP contribution in [0.2, 0.25) is 0 Å². The molecule has 2 aromatic carbocycles. The molecule has 0 bridgehead atoms. The van der Waals surface area contributed by atoms with Crippen molar-refractivity contribution in [3.8, 4) is 0 Å². The maximum absolute atomic E-state index is 11.7. The minimum absolute atomic E-state index is 0.0357. The smallest absolute Gasteiger partial charge is 0.168 e. The van der Waals surface area contributed by atoms with Gasteiger partial charge in [-0.1, -0.05) is 74.0 Å². The van der Waals surface area contributed by atoms with Crippen molar-refractivity contribution in [2.75, 3.05) is 19.8 Å². The Morgan fingerprint density at radius 2 is 1.63 bits per heavy atom. The number of Topliss-reactive ketones (excluding diaryl/α,β-unsaturated/α-hetero) is 1. The lowest BCUT2D eigenvalue weighted by Gasteiger charge is -2.39. The molecule has 35 heavy (non-hydrogen) atoms. The molecule has 0 spiro atoms. The minimum atomic E-state index is -0.505. The molecular weight excluding hydrogens is 438 g/mol. The summed E-state index contributed by atoms with van der Waals surface area (Å²) in [4.78, 5) is 14.2. The number of carbonyl (C=O) groups is 1. The first kappa shape index (κ1) is 27.5. The molecule has 192 valence electrons. The van der Waals surface area contributed by atoms with Gasteiger partial charge in [0, 0.05) is 31.8 Å². The number of nitrogens with zero attached hydrogens (tertiary/aromatic N) is 1. The van der Waals surface area contributed by atoms with Crippen molar-refractivity contribution in [1.29, 1.82) is 0 Å². The van der Waals surface area contributed by atoms with Crippen LogP contribution >= 0.6 is 0 Å². The van der Waals surface area contributed by atoms with Gasteiger partial charge in [0.15, 0.2) is 5.79 Å². The molecular formula is C30H43NO4. The van der Waals surface area contributed by atoms with Gasteiger partial charge < -0.3 is 19.4 Å². The van der Waals surface area contributed by atoms with Crippen molar-refractivity contribution < 1.29 is 19.4 Å². The van der Waals surface area contributed by atoms with Crippen molar-refractivity contribution in [2.45, 2.75) is 89.6 Å². The fourth-order valence-electron chi connectivity index (χ4n) is 5.17. The van der Waals surface area contributed by atoms with E-state index < -0.39 is 5.79 Å². The van der Waals surface area contributed by atoms with Gasteiger partial charge in [0.25, 0.3) is 0 Å². The molecule has 1 aliphatic rings. The molecule has 5 nitrogen and oxygen atoms in total. The van der Waals surface area contributed by atoms with Gasteiger partial charge in [0.1, 0.15) is 5.78 Å². The number of unbranched alkanes of at least 4 members (excludes halogenated alkanes) is 1. The van der Waals surface area contributed by atoms with Crippen LogP contribution < -0.4 is 0 Å². The first-order valence-corrected chi connectivity index (χ1v) is 13.3. The first-order valence-electron chi connectivity index (χ1n) is 13.3. The SMILES string of the molecule is CCCCC1(CC[C@H](CCCC(C)=O)N(Cc2ccccc2)[C@@H](CO)c2ccccc2)OCCO1. The van der Waals surface area contributed by atoms with Crippen LogP contribution in [0.3, 0.4) is 0 Å². The molecule has 0 amide bonds. The third-order valence-electron chi connectivity index (χ3n) is 7.08. The monoisotopic (exact) mass is 481 g/mol. The van der Waals surface area contributed by atoms with Crippen molar-refractivity contribution in [2.24, 2.45) is 0 Å². The molecule has 0 saturated carbocycles. The van der Waals surface area contributed by atoms with Crippen molar-refractivity contribution in [1.82, 2.24) is 4.90 Å². The fraction of sp³-hybridized carbons (Fsp3) is 0.567. The summed E-state index contributed by atoms with van der Waals surface area (Å²) in [6.07, 6.45) is 7.10. The zero-order valence-electron chi connectivity index (χ0n) is 21.5. The van der Waals surface area contributed by atoms with Crippen LogP contribution in [-0.4, -0.2) is 47.4 Å². The van der Waals surface area contributed by atoms with Crippen LogP contribution in [0.25, 0.3) is 0 Å². The molecule has 1 heterocycles. The molecule has 0 aromatic heterocycles. The molecule has 2 aromatic rings. The van der Waals surface area contributed by atoms with E-state index in [2.05, 4.69) is 48.2 Å². The van der Waals surface area contributed by atoms with E-state index in [9.17, 15) is 9.90 Å². The highest BCUT2D eigenvalue weighted by atomic mass is 16.7. The zero-order valence-corrected chi connectivity index (χ0v) is 21.5. The lowest BCUT2D eigenvalue weighted by molar-refractivity contribution is -0.171. The molecule has 2 atom stereocenters. The molecule has 1 N–H and O–H groups in total. The minimum Gasteiger partial charge on any atom is -0.394 e. The zero-order chi connectivity index (χ0) is 24.9. The number of hydrogen-bond acceptors (Lipinski definition) is 5. The molecule has 0 radical (unpaired) electrons. The summed E-state index contributed by atoms with van der Waals surface area (Å²) in [5.74, 6) is -0.281. The Morgan fingerprint density at radius 1 is 0.971 bits per heavy atom. The number of benzene rings is 2. The lowest BCUT2D eigenvalue weighted by atomic mass is 9.93. The second-order valence-electron chi connectivity index (χ2n) is 9.76. The summed E-state index contributed by atoms with van der Waals surface area (Å²) in [6.45, 7) is 5.92. The molecule has 1 fully saturated rings. The molecule has 0 unspecified atom stereocenters. The predicted octanol–water partition coefficient (Wildman–Crippen LogP) is 6.06. The summed E-state index contributed by atoms with van der Waals surface area (Å²) in [7, 11) is 0. The van der Waals surface area contributed by atoms with Crippen LogP contribution in [0.5, 0.6) is 0 Å². The average Bonchev–Trinajstić information content (AvgIpc) is 3.35. The van der Waals surface area contributed by atoms with Gasteiger partial charge in [-0.2, -0.15) is 0 Å². The number of ether oxygens (including phenoxy) is 2. The van der Waals surface area contributed by atoms with Crippen molar-refractivity contribution >= 4 is 5.78 Å². The highest BCUT2D eigenvalue weighted by Crippen LogP contribution is 2.35. The van der Waals surface area contributed by atoms with Crippen molar-refractivity contribution in [3.63, 3.8) is 0 Å². The average molecular weight is 482 g/mol. The molecule has 1 aliphatic heterocycles. The normalized spacial score (nSPS) is 16.9. The maximum atomic E-state index is 11.7. The quantitative estimate of drug-likeness (QED) is 0.316. The third-order valence-corrected chi connectivity index (χ3v) is 7.08. The van der Waals surface area contributed by atoms with E-state index in [-0.39, 0.29) is 24.5 Å². The Kier molecular flexibility index (Phi) is 11.4. The van der Waals surface area contributed by atoms with Gasteiger partial charge in [-0.05, 0) is 43.7 Å². The van der Waals surface area contributed by atoms with Crippen molar-refractivity contribution in [3.05, 3.63) is 71.8 Å². The first-order chi connectivity index (χ1) is 17.1. The number of hydrogen-bond donors (Lipinski definition) is 1. The predicted molar refractivity (Wildman–Crippen MR) is 140 cm³/mol. The Bertz CT molecular complexity index is 851. The highest BCUT2D eigenvalue weighted by Gasteiger charge is 2.37. The van der Waals surface area contributed by atoms with E-state index in [0.29, 0.717) is 19.6 Å². The number of aliphatic hydroxyl groups is 1. The Balaban J connectivity index is 1.88. The van der Waals surface area contributed by atoms with E-state index in [0.717, 1.165) is 57.1 Å². The van der Waals surface area contributed by atoms with Gasteiger partial charge in [-0.3, -0.25) is 4.90 Å². The molecule has 1 saturated heterocycles. The maximum Gasteiger partial charge on any atom is 0.168 e. The van der Waals surface area contributed by atoms with Gasteiger partial charge in [0.05, 0.1) is 25.9 Å². The molecule has 0 aliphatic carbocycles. The summed E-state index contributed by atoms with van der Waals surface area (Å²) < 4.78 is 12.3. The van der Waals surface area contributed by atoms with Crippen LogP contribution in [0.15, 0.2) is 60.7 Å². The molecule has 5 heteroatoms. The summed E-state index contributed by atoms with van der Waals surface area (Å²) in [6, 6.07) is 20.8. The number of carbonyl (C=O) groups excluding carboxylic acids is 1. The summed E-state index contributed by atoms with van der Waals surface area (Å²) >= 11 is 0. The van der Waals surface area contributed by atoms with E-state index >= 15 is 0 Å². The summed E-state index contributed by atoms with van der Waals surface area (Å²) in [5, 5.41) is 10.6. The largest absolute Gasteiger partial charge is 0.394 e. The van der Waals surface area contributed by atoms with Gasteiger partial charge in [-0.15, -0.1) is 0 Å². The third kappa shape index (κ3) is 8.53. The fourth-order valence-corrected chi connectivity index (χ4v) is 5.17. The van der Waals surface area contributed by atoms with Gasteiger partial charge in [0.2, 0.25) is 0 Å². The topological polar surface area (TPSA) is 59.0 Å². The Hall–Kier alpha value is -2.05. The van der Waals surface area contributed by atoms with Crippen LogP contribution in [-0.2, 0) is 20.8 Å². The van der Waals surface area contributed by atoms with E-state index in [1.54, 1.807) is 6.92 Å². The van der Waals surface area contributed by atoms with E-state index in [4.69, 9.17) is 9.47 Å². The Morgan fingerprint density at radius 3 is 2.23 bits per heavy atom. The standard InChI is InChI=1S/C30H43NO4/c1-3-4-19-30(34-21-22-35-30)20-18-28(17-11-12-25(2)33)31(23-26-13-7-5-8-14-26)29(24-32)27-15-9-6-10-16-27/h5-10,13-16,28-29,32H,3-4,11-12,17-24H2,1-2H3/t28-,29-/m0/s1. The van der Waals surface area contributed by atoms with Crippen LogP contribution in [0.1, 0.15) is 82.4 Å². The second kappa shape index (κ2) is 14.5. The lowest BCUT2D eigenvalue weighted by Crippen LogP contribution is -2.41.